The van der Waals surface area contributed by atoms with E-state index in [2.05, 4.69) is 5.32 Å². The topological polar surface area (TPSA) is 178 Å². The zero-order valence-corrected chi connectivity index (χ0v) is 22.6. The smallest absolute Gasteiger partial charge is 0.305 e. The van der Waals surface area contributed by atoms with Crippen LogP contribution in [-0.2, 0) is 57.1 Å². The van der Waals surface area contributed by atoms with E-state index in [-0.39, 0.29) is 38.7 Å². The second kappa shape index (κ2) is 21.3. The third kappa shape index (κ3) is 15.3. The van der Waals surface area contributed by atoms with Gasteiger partial charge in [-0.25, -0.2) is 0 Å². The van der Waals surface area contributed by atoms with E-state index in [1.165, 1.54) is 12.2 Å². The molecule has 40 heavy (non-hydrogen) atoms. The first-order chi connectivity index (χ1) is 19.5. The van der Waals surface area contributed by atoms with Gasteiger partial charge in [0.1, 0.15) is 0 Å². The van der Waals surface area contributed by atoms with Crippen molar-refractivity contribution in [2.45, 2.75) is 12.7 Å². The Morgan fingerprint density at radius 3 is 1.62 bits per heavy atom. The van der Waals surface area contributed by atoms with Gasteiger partial charge in [-0.2, -0.15) is 0 Å². The van der Waals surface area contributed by atoms with Crippen molar-refractivity contribution in [1.29, 1.82) is 0 Å². The largest absolute Gasteiger partial charge is 0.481 e. The first-order valence-electron chi connectivity index (χ1n) is 13.2. The van der Waals surface area contributed by atoms with E-state index >= 15 is 0 Å². The molecule has 1 saturated heterocycles. The van der Waals surface area contributed by atoms with Gasteiger partial charge in [-0.05, 0) is 0 Å². The average molecular weight is 577 g/mol. The van der Waals surface area contributed by atoms with Gasteiger partial charge in [0.25, 0.3) is 11.8 Å². The molecule has 15 nitrogen and oxygen atoms in total. The lowest BCUT2D eigenvalue weighted by atomic mass is 10.1. The average Bonchev–Trinajstić information content (AvgIpc) is 3.26. The number of hydrogen-bond acceptors (Lipinski definition) is 12. The van der Waals surface area contributed by atoms with Crippen LogP contribution in [0.15, 0.2) is 12.2 Å². The molecule has 2 aliphatic rings. The zero-order chi connectivity index (χ0) is 28.8. The van der Waals surface area contributed by atoms with Gasteiger partial charge in [0, 0.05) is 18.7 Å². The van der Waals surface area contributed by atoms with Crippen molar-refractivity contribution in [3.05, 3.63) is 12.2 Å². The lowest BCUT2D eigenvalue weighted by molar-refractivity contribution is -0.207. The Labute approximate surface area is 232 Å². The number of carboxylic acids is 1. The van der Waals surface area contributed by atoms with E-state index in [0.29, 0.717) is 79.2 Å². The summed E-state index contributed by atoms with van der Waals surface area (Å²) in [6.07, 6.45) is 1.62. The number of hydrogen-bond donors (Lipinski definition) is 2. The Morgan fingerprint density at radius 2 is 1.18 bits per heavy atom. The molecule has 3 amide bonds. The molecule has 0 radical (unpaired) electrons. The molecule has 2 aliphatic heterocycles. The Kier molecular flexibility index (Phi) is 17.9. The predicted molar refractivity (Wildman–Crippen MR) is 135 cm³/mol. The fourth-order valence-corrected chi connectivity index (χ4v) is 3.31. The van der Waals surface area contributed by atoms with Gasteiger partial charge >= 0.3 is 5.97 Å². The first-order valence-corrected chi connectivity index (χ1v) is 13.2. The minimum absolute atomic E-state index is 0.0101. The fourth-order valence-electron chi connectivity index (χ4n) is 3.31. The van der Waals surface area contributed by atoms with Gasteiger partial charge in [-0.1, -0.05) is 0 Å². The molecule has 0 spiro atoms. The number of rotatable bonds is 24. The molecular formula is C25H40N2O13. The molecule has 0 unspecified atom stereocenters. The van der Waals surface area contributed by atoms with Crippen molar-refractivity contribution in [3.8, 4) is 0 Å². The van der Waals surface area contributed by atoms with Crippen molar-refractivity contribution < 1.29 is 62.2 Å². The predicted octanol–water partition coefficient (Wildman–Crippen LogP) is -1.41. The lowest BCUT2D eigenvalue weighted by Crippen LogP contribution is -2.47. The Bertz CT molecular complexity index is 769. The van der Waals surface area contributed by atoms with Crippen LogP contribution < -0.4 is 5.32 Å². The number of amides is 3. The molecule has 0 aromatic heterocycles. The van der Waals surface area contributed by atoms with Crippen LogP contribution in [-0.4, -0.2) is 146 Å². The second-order valence-electron chi connectivity index (χ2n) is 8.52. The van der Waals surface area contributed by atoms with Crippen molar-refractivity contribution in [2.24, 2.45) is 5.92 Å². The molecule has 228 valence electrons. The number of carboxylic acid groups (broad SMARTS) is 1. The lowest BCUT2D eigenvalue weighted by Gasteiger charge is -2.30. The van der Waals surface area contributed by atoms with Crippen LogP contribution in [0.3, 0.4) is 0 Å². The minimum atomic E-state index is -0.888. The van der Waals surface area contributed by atoms with E-state index in [4.69, 9.17) is 43.0 Å². The molecule has 2 N–H and O–H groups in total. The molecule has 1 fully saturated rings. The van der Waals surface area contributed by atoms with Crippen molar-refractivity contribution in [2.75, 3.05) is 106 Å². The van der Waals surface area contributed by atoms with E-state index in [1.807, 2.05) is 0 Å². The molecule has 0 atom stereocenters. The van der Waals surface area contributed by atoms with Gasteiger partial charge in [0.2, 0.25) is 5.91 Å². The summed E-state index contributed by atoms with van der Waals surface area (Å²) in [6.45, 7) is 5.16. The molecule has 0 saturated carbocycles. The number of carbonyl (C=O) groups excluding carboxylic acids is 3. The van der Waals surface area contributed by atoms with E-state index in [1.54, 1.807) is 0 Å². The fraction of sp³-hybridized carbons (Fsp3) is 0.760. The van der Waals surface area contributed by atoms with Crippen LogP contribution in [0.5, 0.6) is 0 Å². The monoisotopic (exact) mass is 576 g/mol. The molecule has 0 aromatic rings. The number of nitrogens with one attached hydrogen (secondary N) is 1. The van der Waals surface area contributed by atoms with Crippen LogP contribution in [0.1, 0.15) is 6.42 Å². The summed E-state index contributed by atoms with van der Waals surface area (Å²) in [6, 6.07) is 0. The maximum absolute atomic E-state index is 12.2. The van der Waals surface area contributed by atoms with Crippen LogP contribution in [0.4, 0.5) is 0 Å². The normalized spacial score (nSPS) is 18.9. The highest BCUT2D eigenvalue weighted by Gasteiger charge is 2.32. The molecule has 2 heterocycles. The summed E-state index contributed by atoms with van der Waals surface area (Å²) in [7, 11) is 0. The molecule has 0 bridgehead atoms. The maximum Gasteiger partial charge on any atom is 0.305 e. The van der Waals surface area contributed by atoms with Crippen LogP contribution in [0.25, 0.3) is 0 Å². The van der Waals surface area contributed by atoms with Gasteiger partial charge in [0.15, 0.2) is 6.29 Å². The van der Waals surface area contributed by atoms with E-state index < -0.39 is 30.0 Å². The van der Waals surface area contributed by atoms with Gasteiger partial charge in [-0.15, -0.1) is 0 Å². The van der Waals surface area contributed by atoms with E-state index in [0.717, 1.165) is 4.90 Å². The summed E-state index contributed by atoms with van der Waals surface area (Å²) < 4.78 is 43.0. The molecule has 0 aromatic carbocycles. The SMILES string of the molecule is O=C(O)CCOCCOCCOCCOCCOCCOCCNC(=O)C1COC(CN2C(=O)C=CC2=O)OC1. The number of imide groups is 1. The second-order valence-corrected chi connectivity index (χ2v) is 8.52. The van der Waals surface area contributed by atoms with Gasteiger partial charge in [0.05, 0.1) is 111 Å². The number of ether oxygens (including phenoxy) is 8. The number of aliphatic carboxylic acids is 1. The van der Waals surface area contributed by atoms with E-state index in [9.17, 15) is 19.2 Å². The van der Waals surface area contributed by atoms with Crippen LogP contribution in [0, 0.1) is 5.92 Å². The summed E-state index contributed by atoms with van der Waals surface area (Å²) >= 11 is 0. The van der Waals surface area contributed by atoms with Crippen molar-refractivity contribution >= 4 is 23.7 Å². The minimum Gasteiger partial charge on any atom is -0.481 e. The Balaban J connectivity index is 1.28. The van der Waals surface area contributed by atoms with Gasteiger partial charge in [-0.3, -0.25) is 24.1 Å². The molecule has 15 heteroatoms. The van der Waals surface area contributed by atoms with Gasteiger partial charge < -0.3 is 48.3 Å². The number of carbonyl (C=O) groups is 4. The molecule has 2 rings (SSSR count). The highest BCUT2D eigenvalue weighted by atomic mass is 16.7. The third-order valence-corrected chi connectivity index (χ3v) is 5.44. The van der Waals surface area contributed by atoms with Crippen LogP contribution in [0.2, 0.25) is 0 Å². The summed E-state index contributed by atoms with van der Waals surface area (Å²) in [5.41, 5.74) is 0. The first kappa shape index (κ1) is 33.7. The Morgan fingerprint density at radius 1 is 0.750 bits per heavy atom. The standard InChI is InChI=1S/C25H40N2O13/c28-21-1-2-22(29)27(21)17-24-39-18-20(19-40-24)25(32)26-4-6-34-8-10-36-12-14-38-16-15-37-13-11-35-9-7-33-5-3-23(30)31/h1-2,20,24H,3-19H2,(H,26,32)(H,30,31). The summed E-state index contributed by atoms with van der Waals surface area (Å²) in [4.78, 5) is 46.8. The number of nitrogens with zero attached hydrogens (tertiary/aromatic N) is 1. The van der Waals surface area contributed by atoms with Crippen LogP contribution >= 0.6 is 0 Å². The van der Waals surface area contributed by atoms with Crippen molar-refractivity contribution in [1.82, 2.24) is 10.2 Å². The quantitative estimate of drug-likeness (QED) is 0.101. The molecular weight excluding hydrogens is 536 g/mol. The van der Waals surface area contributed by atoms with Crippen molar-refractivity contribution in [3.63, 3.8) is 0 Å². The molecule has 0 aliphatic carbocycles. The highest BCUT2D eigenvalue weighted by Crippen LogP contribution is 2.14. The summed E-state index contributed by atoms with van der Waals surface area (Å²) in [5.74, 6) is -2.41. The zero-order valence-electron chi connectivity index (χ0n) is 22.6. The summed E-state index contributed by atoms with van der Waals surface area (Å²) in [5, 5.41) is 11.2. The highest BCUT2D eigenvalue weighted by molar-refractivity contribution is 6.12. The third-order valence-electron chi connectivity index (χ3n) is 5.44. The maximum atomic E-state index is 12.2. The Hall–Kier alpha value is -2.50.